The molecule has 0 aliphatic rings. The molecule has 0 radical (unpaired) electrons. The van der Waals surface area contributed by atoms with E-state index in [1.807, 2.05) is 60.9 Å². The lowest BCUT2D eigenvalue weighted by Gasteiger charge is -2.25. The normalized spacial score (nSPS) is 12.1. The van der Waals surface area contributed by atoms with Crippen LogP contribution in [0.25, 0.3) is 76.6 Å². The number of nitrogens with zero attached hydrogens (tertiary/aromatic N) is 2. The van der Waals surface area contributed by atoms with Crippen LogP contribution in [0.15, 0.2) is 147 Å². The third-order valence-electron chi connectivity index (χ3n) is 8.71. The fourth-order valence-corrected chi connectivity index (χ4v) is 6.65. The molecule has 0 bridgehead atoms. The summed E-state index contributed by atoms with van der Waals surface area (Å²) in [6, 6.07) is 41.6. The van der Waals surface area contributed by atoms with Gasteiger partial charge in [-0.25, -0.2) is 0 Å². The zero-order valence-electron chi connectivity index (χ0n) is 23.3. The molecule has 0 aliphatic heterocycles. The topological polar surface area (TPSA) is 55.6 Å². The number of rotatable bonds is 3. The molecule has 0 aliphatic carbocycles. The van der Waals surface area contributed by atoms with E-state index in [0.717, 1.165) is 88.3 Å². The smallest absolute Gasteiger partial charge is 0.162 e. The Morgan fingerprint density at radius 1 is 0.409 bits per heavy atom. The predicted octanol–water partition coefficient (Wildman–Crippen LogP) is 11.4. The molecule has 4 heterocycles. The van der Waals surface area contributed by atoms with Crippen molar-refractivity contribution < 1.29 is 13.3 Å². The van der Waals surface area contributed by atoms with E-state index in [-0.39, 0.29) is 0 Å². The molecule has 4 aromatic heterocycles. The lowest BCUT2D eigenvalue weighted by Crippen LogP contribution is -2.10. The lowest BCUT2D eigenvalue weighted by atomic mass is 10.1. The summed E-state index contributed by atoms with van der Waals surface area (Å²) in [4.78, 5) is 6.98. The zero-order chi connectivity index (χ0) is 28.8. The van der Waals surface area contributed by atoms with Crippen LogP contribution in [0.4, 0.5) is 17.1 Å². The van der Waals surface area contributed by atoms with Gasteiger partial charge < -0.3 is 18.2 Å². The van der Waals surface area contributed by atoms with Gasteiger partial charge >= 0.3 is 0 Å². The highest BCUT2D eigenvalue weighted by Crippen LogP contribution is 2.45. The molecule has 206 valence electrons. The Hall–Kier alpha value is -6.07. The minimum Gasteiger partial charge on any atom is -0.456 e. The van der Waals surface area contributed by atoms with Crippen molar-refractivity contribution in [2.45, 2.75) is 0 Å². The largest absolute Gasteiger partial charge is 0.456 e. The molecule has 0 saturated carbocycles. The number of fused-ring (bicyclic) bond motifs is 10. The van der Waals surface area contributed by atoms with E-state index in [1.54, 1.807) is 0 Å². The van der Waals surface area contributed by atoms with Gasteiger partial charge in [-0.2, -0.15) is 0 Å². The van der Waals surface area contributed by atoms with Gasteiger partial charge in [0, 0.05) is 49.9 Å². The summed E-state index contributed by atoms with van der Waals surface area (Å²) in [5, 5.41) is 8.57. The van der Waals surface area contributed by atoms with Gasteiger partial charge in [0.05, 0.1) is 6.20 Å². The Bertz CT molecular complexity index is 2630. The third kappa shape index (κ3) is 3.32. The monoisotopic (exact) mass is 566 g/mol. The lowest BCUT2D eigenvalue weighted by molar-refractivity contribution is 0.668. The molecule has 5 nitrogen and oxygen atoms in total. The van der Waals surface area contributed by atoms with Gasteiger partial charge in [-0.15, -0.1) is 0 Å². The molecule has 0 unspecified atom stereocenters. The van der Waals surface area contributed by atoms with Gasteiger partial charge in [0.25, 0.3) is 0 Å². The molecule has 10 aromatic rings. The summed E-state index contributed by atoms with van der Waals surface area (Å²) < 4.78 is 19.0. The van der Waals surface area contributed by atoms with E-state index in [4.69, 9.17) is 18.2 Å². The van der Waals surface area contributed by atoms with Crippen LogP contribution in [0.5, 0.6) is 0 Å². The number of anilines is 3. The second-order valence-corrected chi connectivity index (χ2v) is 11.2. The Morgan fingerprint density at radius 2 is 0.955 bits per heavy atom. The van der Waals surface area contributed by atoms with Crippen LogP contribution < -0.4 is 4.90 Å². The first-order valence-electron chi connectivity index (χ1n) is 14.6. The van der Waals surface area contributed by atoms with Crippen molar-refractivity contribution in [3.8, 4) is 0 Å². The molecular formula is C39H22N2O3. The number of aromatic nitrogens is 1. The second-order valence-electron chi connectivity index (χ2n) is 11.2. The van der Waals surface area contributed by atoms with E-state index < -0.39 is 0 Å². The van der Waals surface area contributed by atoms with Crippen LogP contribution in [-0.4, -0.2) is 4.98 Å². The molecule has 0 amide bonds. The zero-order valence-corrected chi connectivity index (χ0v) is 23.3. The highest BCUT2D eigenvalue weighted by atomic mass is 16.3. The second kappa shape index (κ2) is 8.72. The highest BCUT2D eigenvalue weighted by Gasteiger charge is 2.22. The molecule has 0 saturated heterocycles. The maximum atomic E-state index is 6.68. The van der Waals surface area contributed by atoms with Crippen molar-refractivity contribution in [3.05, 3.63) is 134 Å². The number of hydrogen-bond acceptors (Lipinski definition) is 5. The number of furan rings is 3. The summed E-state index contributed by atoms with van der Waals surface area (Å²) in [5.41, 5.74) is 7.82. The van der Waals surface area contributed by atoms with Crippen molar-refractivity contribution in [1.29, 1.82) is 0 Å². The summed E-state index contributed by atoms with van der Waals surface area (Å²) in [6.07, 6.45) is 3.79. The maximum absolute atomic E-state index is 6.68. The molecule has 0 fully saturated rings. The molecule has 6 aromatic carbocycles. The van der Waals surface area contributed by atoms with E-state index >= 15 is 0 Å². The standard InChI is InChI=1S/C39H22N2O3/c1-2-8-24-18-38-29(17-23(24)7-1)32-21-40-22-33(39(32)44-38)41(25-13-15-36-30(19-25)27-9-3-5-11-34(27)42-36)26-14-16-37-31(20-26)28-10-4-6-12-35(28)43-37/h1-22H. The number of pyridine rings is 1. The Balaban J connectivity index is 1.28. The van der Waals surface area contributed by atoms with Gasteiger partial charge in [0.15, 0.2) is 5.58 Å². The Morgan fingerprint density at radius 3 is 1.61 bits per heavy atom. The van der Waals surface area contributed by atoms with E-state index in [2.05, 4.69) is 77.7 Å². The number of para-hydroxylation sites is 2. The minimum atomic E-state index is 0.777. The molecule has 44 heavy (non-hydrogen) atoms. The van der Waals surface area contributed by atoms with Crippen molar-refractivity contribution in [1.82, 2.24) is 4.98 Å². The third-order valence-corrected chi connectivity index (χ3v) is 8.71. The first-order valence-corrected chi connectivity index (χ1v) is 14.6. The molecule has 0 atom stereocenters. The quantitative estimate of drug-likeness (QED) is 0.213. The molecule has 0 spiro atoms. The Kier molecular flexibility index (Phi) is 4.66. The molecular weight excluding hydrogens is 544 g/mol. The van der Waals surface area contributed by atoms with Crippen LogP contribution in [0.2, 0.25) is 0 Å². The minimum absolute atomic E-state index is 0.777. The summed E-state index contributed by atoms with van der Waals surface area (Å²) in [5.74, 6) is 0. The summed E-state index contributed by atoms with van der Waals surface area (Å²) in [7, 11) is 0. The average Bonchev–Trinajstić information content (AvgIpc) is 3.75. The van der Waals surface area contributed by atoms with Gasteiger partial charge in [0.1, 0.15) is 33.6 Å². The Labute approximate surface area is 250 Å². The number of hydrogen-bond donors (Lipinski definition) is 0. The van der Waals surface area contributed by atoms with Crippen molar-refractivity contribution in [3.63, 3.8) is 0 Å². The average molecular weight is 567 g/mol. The van der Waals surface area contributed by atoms with Crippen molar-refractivity contribution >= 4 is 93.7 Å². The van der Waals surface area contributed by atoms with Crippen LogP contribution in [0, 0.1) is 0 Å². The fourth-order valence-electron chi connectivity index (χ4n) is 6.65. The van der Waals surface area contributed by atoms with Crippen LogP contribution in [-0.2, 0) is 0 Å². The predicted molar refractivity (Wildman–Crippen MR) is 178 cm³/mol. The summed E-state index contributed by atoms with van der Waals surface area (Å²) >= 11 is 0. The van der Waals surface area contributed by atoms with E-state index in [9.17, 15) is 0 Å². The molecule has 0 N–H and O–H groups in total. The highest BCUT2D eigenvalue weighted by molar-refractivity contribution is 6.14. The van der Waals surface area contributed by atoms with Crippen molar-refractivity contribution in [2.24, 2.45) is 0 Å². The van der Waals surface area contributed by atoms with Crippen molar-refractivity contribution in [2.75, 3.05) is 4.90 Å². The van der Waals surface area contributed by atoms with Gasteiger partial charge in [-0.1, -0.05) is 60.7 Å². The van der Waals surface area contributed by atoms with Gasteiger partial charge in [0.2, 0.25) is 0 Å². The molecule has 5 heteroatoms. The fraction of sp³-hybridized carbons (Fsp3) is 0. The number of benzene rings is 6. The van der Waals surface area contributed by atoms with E-state index in [0.29, 0.717) is 0 Å². The SMILES string of the molecule is c1ccc2cc3c(cc2c1)oc1c(N(c2ccc4oc5ccccc5c4c2)c2ccc4oc5ccccc5c4c2)cncc13. The van der Waals surface area contributed by atoms with Crippen LogP contribution in [0.3, 0.4) is 0 Å². The summed E-state index contributed by atoms with van der Waals surface area (Å²) in [6.45, 7) is 0. The van der Waals surface area contributed by atoms with Gasteiger partial charge in [-0.05, 0) is 71.4 Å². The first kappa shape index (κ1) is 23.5. The van der Waals surface area contributed by atoms with E-state index in [1.165, 1.54) is 5.39 Å². The first-order chi connectivity index (χ1) is 21.8. The van der Waals surface area contributed by atoms with Crippen LogP contribution >= 0.6 is 0 Å². The molecule has 10 rings (SSSR count). The maximum Gasteiger partial charge on any atom is 0.162 e. The van der Waals surface area contributed by atoms with Crippen LogP contribution in [0.1, 0.15) is 0 Å². The van der Waals surface area contributed by atoms with Gasteiger partial charge in [-0.3, -0.25) is 4.98 Å².